The van der Waals surface area contributed by atoms with Gasteiger partial charge in [-0.05, 0) is 68.6 Å². The summed E-state index contributed by atoms with van der Waals surface area (Å²) in [7, 11) is 0. The van der Waals surface area contributed by atoms with Crippen LogP contribution in [0.3, 0.4) is 0 Å². The first-order valence-electron chi connectivity index (χ1n) is 7.04. The van der Waals surface area contributed by atoms with Crippen molar-refractivity contribution in [1.82, 2.24) is 0 Å². The Kier molecular flexibility index (Phi) is 3.40. The van der Waals surface area contributed by atoms with E-state index in [0.29, 0.717) is 4.83 Å². The maximum atomic E-state index is 5.68. The number of ether oxygens (including phenoxy) is 1. The summed E-state index contributed by atoms with van der Waals surface area (Å²) in [6.07, 6.45) is 4.59. The normalized spacial score (nSPS) is 31.2. The van der Waals surface area contributed by atoms with Gasteiger partial charge in [0.1, 0.15) is 5.75 Å². The van der Waals surface area contributed by atoms with E-state index >= 15 is 0 Å². The fraction of sp³-hybridized carbons (Fsp3) is 0.625. The van der Waals surface area contributed by atoms with E-state index in [4.69, 9.17) is 4.74 Å². The Morgan fingerprint density at radius 1 is 1.06 bits per heavy atom. The standard InChI is InChI=1S/C16H21BrO/c1-10(2)18-15-5-3-11(4-6-15)16(17)14-8-12-7-13(12)9-14/h3-6,10,12-14,16H,7-9H2,1-2H3. The third-order valence-electron chi connectivity index (χ3n) is 4.26. The molecular weight excluding hydrogens is 288 g/mol. The number of benzene rings is 1. The van der Waals surface area contributed by atoms with Crippen LogP contribution in [0.15, 0.2) is 24.3 Å². The van der Waals surface area contributed by atoms with Gasteiger partial charge >= 0.3 is 0 Å². The number of hydrogen-bond donors (Lipinski definition) is 0. The lowest BCUT2D eigenvalue weighted by Gasteiger charge is -2.20. The van der Waals surface area contributed by atoms with Crippen LogP contribution in [0.25, 0.3) is 0 Å². The highest BCUT2D eigenvalue weighted by Crippen LogP contribution is 2.58. The quantitative estimate of drug-likeness (QED) is 0.715. The van der Waals surface area contributed by atoms with E-state index in [0.717, 1.165) is 23.5 Å². The van der Waals surface area contributed by atoms with Gasteiger partial charge in [0.25, 0.3) is 0 Å². The van der Waals surface area contributed by atoms with Gasteiger partial charge in [0.05, 0.1) is 6.10 Å². The Bertz CT molecular complexity index is 402. The molecule has 18 heavy (non-hydrogen) atoms. The minimum atomic E-state index is 0.248. The highest BCUT2D eigenvalue weighted by molar-refractivity contribution is 9.09. The molecule has 1 aromatic rings. The fourth-order valence-electron chi connectivity index (χ4n) is 3.28. The van der Waals surface area contributed by atoms with Crippen molar-refractivity contribution in [2.75, 3.05) is 0 Å². The molecule has 0 aromatic heterocycles. The summed E-state index contributed by atoms with van der Waals surface area (Å²) in [5, 5.41) is 0. The molecule has 2 saturated carbocycles. The summed E-state index contributed by atoms with van der Waals surface area (Å²) < 4.78 is 5.68. The van der Waals surface area contributed by atoms with Gasteiger partial charge in [-0.15, -0.1) is 0 Å². The van der Waals surface area contributed by atoms with E-state index in [-0.39, 0.29) is 6.10 Å². The molecule has 0 spiro atoms. The van der Waals surface area contributed by atoms with Gasteiger partial charge in [-0.25, -0.2) is 0 Å². The molecule has 3 atom stereocenters. The Morgan fingerprint density at radius 3 is 2.22 bits per heavy atom. The lowest BCUT2D eigenvalue weighted by Crippen LogP contribution is -2.07. The monoisotopic (exact) mass is 308 g/mol. The Morgan fingerprint density at radius 2 is 1.67 bits per heavy atom. The maximum Gasteiger partial charge on any atom is 0.119 e. The molecule has 0 bridgehead atoms. The Labute approximate surface area is 118 Å². The number of alkyl halides is 1. The molecule has 0 N–H and O–H groups in total. The van der Waals surface area contributed by atoms with Crippen molar-refractivity contribution in [2.24, 2.45) is 17.8 Å². The zero-order valence-corrected chi connectivity index (χ0v) is 12.7. The number of fused-ring (bicyclic) bond motifs is 1. The second-order valence-corrected chi connectivity index (χ2v) is 7.11. The van der Waals surface area contributed by atoms with Gasteiger partial charge in [0, 0.05) is 4.83 Å². The van der Waals surface area contributed by atoms with Crippen LogP contribution in [0.4, 0.5) is 0 Å². The van der Waals surface area contributed by atoms with Crippen molar-refractivity contribution in [3.05, 3.63) is 29.8 Å². The molecule has 3 rings (SSSR count). The third kappa shape index (κ3) is 2.59. The smallest absolute Gasteiger partial charge is 0.119 e. The van der Waals surface area contributed by atoms with Gasteiger partial charge in [0.15, 0.2) is 0 Å². The predicted octanol–water partition coefficient (Wildman–Crippen LogP) is 4.96. The number of rotatable bonds is 4. The zero-order valence-electron chi connectivity index (χ0n) is 11.1. The average Bonchev–Trinajstić information content (AvgIpc) is 2.95. The van der Waals surface area contributed by atoms with Crippen molar-refractivity contribution in [3.8, 4) is 5.75 Å². The third-order valence-corrected chi connectivity index (χ3v) is 5.54. The lowest BCUT2D eigenvalue weighted by atomic mass is 9.94. The minimum Gasteiger partial charge on any atom is -0.491 e. The van der Waals surface area contributed by atoms with Crippen LogP contribution in [0.5, 0.6) is 5.75 Å². The van der Waals surface area contributed by atoms with Crippen molar-refractivity contribution in [3.63, 3.8) is 0 Å². The summed E-state index contributed by atoms with van der Waals surface area (Å²) in [6, 6.07) is 8.61. The molecule has 0 amide bonds. The molecule has 0 saturated heterocycles. The summed E-state index contributed by atoms with van der Waals surface area (Å²) in [5.74, 6) is 3.92. The molecular formula is C16H21BrO. The van der Waals surface area contributed by atoms with Crippen LogP contribution in [0.1, 0.15) is 43.5 Å². The van der Waals surface area contributed by atoms with Gasteiger partial charge in [-0.3, -0.25) is 0 Å². The SMILES string of the molecule is CC(C)Oc1ccc(C(Br)C2CC3CC3C2)cc1. The summed E-state index contributed by atoms with van der Waals surface area (Å²) in [4.78, 5) is 0.526. The molecule has 1 nitrogen and oxygen atoms in total. The van der Waals surface area contributed by atoms with Gasteiger partial charge in [-0.2, -0.15) is 0 Å². The molecule has 98 valence electrons. The molecule has 3 unspecified atom stereocenters. The van der Waals surface area contributed by atoms with Crippen molar-refractivity contribution < 1.29 is 4.74 Å². The highest BCUT2D eigenvalue weighted by Gasteiger charge is 2.47. The van der Waals surface area contributed by atoms with Crippen LogP contribution in [-0.4, -0.2) is 6.10 Å². The van der Waals surface area contributed by atoms with Crippen LogP contribution < -0.4 is 4.74 Å². The molecule has 2 heteroatoms. The van der Waals surface area contributed by atoms with Gasteiger partial charge < -0.3 is 4.74 Å². The topological polar surface area (TPSA) is 9.23 Å². The summed E-state index contributed by atoms with van der Waals surface area (Å²) in [6.45, 7) is 4.12. The molecule has 0 radical (unpaired) electrons. The van der Waals surface area contributed by atoms with Gasteiger partial charge in [-0.1, -0.05) is 28.1 Å². The highest BCUT2D eigenvalue weighted by atomic mass is 79.9. The lowest BCUT2D eigenvalue weighted by molar-refractivity contribution is 0.242. The molecule has 2 fully saturated rings. The average molecular weight is 309 g/mol. The first-order valence-corrected chi connectivity index (χ1v) is 7.95. The predicted molar refractivity (Wildman–Crippen MR) is 78.2 cm³/mol. The fourth-order valence-corrected chi connectivity index (χ4v) is 4.01. The number of hydrogen-bond acceptors (Lipinski definition) is 1. The Balaban J connectivity index is 1.64. The van der Waals surface area contributed by atoms with E-state index in [1.165, 1.54) is 24.8 Å². The summed E-state index contributed by atoms with van der Waals surface area (Å²) >= 11 is 3.90. The zero-order chi connectivity index (χ0) is 12.7. The van der Waals surface area contributed by atoms with Gasteiger partial charge in [0.2, 0.25) is 0 Å². The van der Waals surface area contributed by atoms with Crippen LogP contribution in [0.2, 0.25) is 0 Å². The number of halogens is 1. The van der Waals surface area contributed by atoms with E-state index in [2.05, 4.69) is 54.0 Å². The Hall–Kier alpha value is -0.500. The van der Waals surface area contributed by atoms with Crippen molar-refractivity contribution >= 4 is 15.9 Å². The van der Waals surface area contributed by atoms with E-state index in [9.17, 15) is 0 Å². The maximum absolute atomic E-state index is 5.68. The molecule has 2 aliphatic rings. The molecule has 2 aliphatic carbocycles. The van der Waals surface area contributed by atoms with E-state index < -0.39 is 0 Å². The van der Waals surface area contributed by atoms with Crippen molar-refractivity contribution in [2.45, 2.75) is 44.0 Å². The molecule has 1 aromatic carbocycles. The first kappa shape index (κ1) is 12.5. The van der Waals surface area contributed by atoms with Crippen LogP contribution in [-0.2, 0) is 0 Å². The summed E-state index contributed by atoms with van der Waals surface area (Å²) in [5.41, 5.74) is 1.40. The van der Waals surface area contributed by atoms with E-state index in [1.807, 2.05) is 0 Å². The molecule has 0 heterocycles. The minimum absolute atomic E-state index is 0.248. The van der Waals surface area contributed by atoms with Crippen LogP contribution >= 0.6 is 15.9 Å². The molecule has 0 aliphatic heterocycles. The van der Waals surface area contributed by atoms with E-state index in [1.54, 1.807) is 0 Å². The first-order chi connectivity index (χ1) is 8.63. The van der Waals surface area contributed by atoms with Crippen LogP contribution in [0, 0.1) is 17.8 Å². The largest absolute Gasteiger partial charge is 0.491 e. The second kappa shape index (κ2) is 4.88. The second-order valence-electron chi connectivity index (χ2n) is 6.12. The van der Waals surface area contributed by atoms with Crippen molar-refractivity contribution in [1.29, 1.82) is 0 Å².